The van der Waals surface area contributed by atoms with Crippen LogP contribution in [0.1, 0.15) is 24.0 Å². The summed E-state index contributed by atoms with van der Waals surface area (Å²) in [4.78, 5) is 11.8. The molecule has 0 aliphatic carbocycles. The van der Waals surface area contributed by atoms with Crippen molar-refractivity contribution in [3.8, 4) is 0 Å². The first kappa shape index (κ1) is 15.2. The lowest BCUT2D eigenvalue weighted by molar-refractivity contribution is -0.164. The Labute approximate surface area is 141 Å². The van der Waals surface area contributed by atoms with Crippen molar-refractivity contribution in [1.82, 2.24) is 0 Å². The average Bonchev–Trinajstić information content (AvgIpc) is 2.63. The minimum absolute atomic E-state index is 0.234. The van der Waals surface area contributed by atoms with Crippen molar-refractivity contribution in [3.05, 3.63) is 59.7 Å². The SMILES string of the molecule is Cc1c2ccccc2c(COC2CCCOC2=O)c2ccccc12. The molecule has 3 aromatic rings. The Kier molecular flexibility index (Phi) is 3.95. The third kappa shape index (κ3) is 2.55. The molecule has 1 unspecified atom stereocenters. The van der Waals surface area contributed by atoms with Gasteiger partial charge in [0.05, 0.1) is 13.2 Å². The number of ether oxygens (including phenoxy) is 2. The fourth-order valence-electron chi connectivity index (χ4n) is 3.58. The van der Waals surface area contributed by atoms with E-state index in [1.54, 1.807) is 0 Å². The molecular formula is C21H20O3. The van der Waals surface area contributed by atoms with Crippen LogP contribution in [-0.2, 0) is 20.9 Å². The molecule has 0 N–H and O–H groups in total. The molecule has 0 saturated carbocycles. The van der Waals surface area contributed by atoms with Gasteiger partial charge in [0.15, 0.2) is 6.10 Å². The first-order valence-corrected chi connectivity index (χ1v) is 8.43. The van der Waals surface area contributed by atoms with Gasteiger partial charge in [-0.1, -0.05) is 48.5 Å². The van der Waals surface area contributed by atoms with Crippen molar-refractivity contribution in [1.29, 1.82) is 0 Å². The average molecular weight is 320 g/mol. The Balaban J connectivity index is 1.80. The highest BCUT2D eigenvalue weighted by molar-refractivity contribution is 6.05. The Hall–Kier alpha value is -2.39. The Morgan fingerprint density at radius 1 is 1.00 bits per heavy atom. The molecule has 1 atom stereocenters. The van der Waals surface area contributed by atoms with Crippen LogP contribution in [0.4, 0.5) is 0 Å². The van der Waals surface area contributed by atoms with Gasteiger partial charge in [-0.3, -0.25) is 0 Å². The largest absolute Gasteiger partial charge is 0.464 e. The molecule has 3 nitrogen and oxygen atoms in total. The smallest absolute Gasteiger partial charge is 0.335 e. The van der Waals surface area contributed by atoms with Gasteiger partial charge in [0.1, 0.15) is 0 Å². The monoisotopic (exact) mass is 320 g/mol. The minimum Gasteiger partial charge on any atom is -0.464 e. The Morgan fingerprint density at radius 2 is 1.58 bits per heavy atom. The molecule has 1 heterocycles. The van der Waals surface area contributed by atoms with Crippen molar-refractivity contribution in [2.45, 2.75) is 32.5 Å². The van der Waals surface area contributed by atoms with Crippen molar-refractivity contribution in [3.63, 3.8) is 0 Å². The standard InChI is InChI=1S/C21H20O3/c1-14-15-7-2-4-9-17(15)19(18-10-5-3-8-16(14)18)13-24-20-11-6-12-23-21(20)22/h2-5,7-10,20H,6,11-13H2,1H3. The summed E-state index contributed by atoms with van der Waals surface area (Å²) in [6.45, 7) is 3.09. The lowest BCUT2D eigenvalue weighted by Gasteiger charge is -2.22. The topological polar surface area (TPSA) is 35.5 Å². The molecule has 3 aromatic carbocycles. The van der Waals surface area contributed by atoms with Crippen LogP contribution in [0.3, 0.4) is 0 Å². The van der Waals surface area contributed by atoms with E-state index in [1.807, 2.05) is 0 Å². The maximum atomic E-state index is 11.8. The van der Waals surface area contributed by atoms with E-state index in [1.165, 1.54) is 27.1 Å². The Bertz CT molecular complexity index is 856. The lowest BCUT2D eigenvalue weighted by atomic mass is 9.93. The van der Waals surface area contributed by atoms with E-state index in [9.17, 15) is 4.79 Å². The molecule has 1 saturated heterocycles. The van der Waals surface area contributed by atoms with Gasteiger partial charge in [-0.25, -0.2) is 4.79 Å². The van der Waals surface area contributed by atoms with Gasteiger partial charge < -0.3 is 9.47 Å². The molecule has 3 heteroatoms. The second-order valence-corrected chi connectivity index (χ2v) is 6.30. The molecular weight excluding hydrogens is 300 g/mol. The number of hydrogen-bond acceptors (Lipinski definition) is 3. The molecule has 0 bridgehead atoms. The number of fused-ring (bicyclic) bond motifs is 2. The molecule has 0 amide bonds. The van der Waals surface area contributed by atoms with E-state index < -0.39 is 6.10 Å². The highest BCUT2D eigenvalue weighted by Gasteiger charge is 2.25. The van der Waals surface area contributed by atoms with Gasteiger partial charge in [-0.15, -0.1) is 0 Å². The van der Waals surface area contributed by atoms with E-state index in [0.717, 1.165) is 18.4 Å². The van der Waals surface area contributed by atoms with Crippen LogP contribution in [-0.4, -0.2) is 18.7 Å². The number of carbonyl (C=O) groups is 1. The molecule has 1 aliphatic heterocycles. The fraction of sp³-hybridized carbons (Fsp3) is 0.286. The van der Waals surface area contributed by atoms with Crippen LogP contribution < -0.4 is 0 Å². The summed E-state index contributed by atoms with van der Waals surface area (Å²) in [6.07, 6.45) is 1.16. The van der Waals surface area contributed by atoms with Crippen molar-refractivity contribution in [2.75, 3.05) is 6.61 Å². The van der Waals surface area contributed by atoms with Crippen LogP contribution >= 0.6 is 0 Å². The number of aryl methyl sites for hydroxylation is 1. The molecule has 4 rings (SSSR count). The van der Waals surface area contributed by atoms with Crippen LogP contribution in [0.2, 0.25) is 0 Å². The minimum atomic E-state index is -0.447. The maximum Gasteiger partial charge on any atom is 0.335 e. The number of carbonyl (C=O) groups excluding carboxylic acids is 1. The zero-order valence-corrected chi connectivity index (χ0v) is 13.7. The van der Waals surface area contributed by atoms with Crippen LogP contribution in [0.15, 0.2) is 48.5 Å². The second kappa shape index (κ2) is 6.25. The molecule has 0 aromatic heterocycles. The van der Waals surface area contributed by atoms with Gasteiger partial charge in [0.25, 0.3) is 0 Å². The fourth-order valence-corrected chi connectivity index (χ4v) is 3.58. The van der Waals surface area contributed by atoms with Gasteiger partial charge in [0.2, 0.25) is 0 Å². The summed E-state index contributed by atoms with van der Waals surface area (Å²) in [5, 5.41) is 4.86. The van der Waals surface area contributed by atoms with Crippen LogP contribution in [0.5, 0.6) is 0 Å². The normalized spacial score (nSPS) is 18.0. The van der Waals surface area contributed by atoms with E-state index in [-0.39, 0.29) is 5.97 Å². The van der Waals surface area contributed by atoms with Crippen LogP contribution in [0, 0.1) is 6.92 Å². The molecule has 1 fully saturated rings. The van der Waals surface area contributed by atoms with Crippen LogP contribution in [0.25, 0.3) is 21.5 Å². The number of cyclic esters (lactones) is 1. The first-order chi connectivity index (χ1) is 11.8. The third-order valence-electron chi connectivity index (χ3n) is 4.86. The highest BCUT2D eigenvalue weighted by atomic mass is 16.6. The summed E-state index contributed by atoms with van der Waals surface area (Å²) in [6, 6.07) is 16.8. The van der Waals surface area contributed by atoms with E-state index in [0.29, 0.717) is 13.2 Å². The molecule has 1 aliphatic rings. The van der Waals surface area contributed by atoms with E-state index >= 15 is 0 Å². The number of rotatable bonds is 3. The van der Waals surface area contributed by atoms with E-state index in [4.69, 9.17) is 9.47 Å². The zero-order valence-electron chi connectivity index (χ0n) is 13.7. The quantitative estimate of drug-likeness (QED) is 0.525. The summed E-state index contributed by atoms with van der Waals surface area (Å²) in [5.41, 5.74) is 2.42. The summed E-state index contributed by atoms with van der Waals surface area (Å²) in [7, 11) is 0. The summed E-state index contributed by atoms with van der Waals surface area (Å²) < 4.78 is 11.1. The van der Waals surface area contributed by atoms with Crippen molar-refractivity contribution < 1.29 is 14.3 Å². The number of hydrogen-bond donors (Lipinski definition) is 0. The van der Waals surface area contributed by atoms with Crippen molar-refractivity contribution >= 4 is 27.5 Å². The molecule has 0 radical (unpaired) electrons. The summed E-state index contributed by atoms with van der Waals surface area (Å²) in [5.74, 6) is -0.234. The van der Waals surface area contributed by atoms with Gasteiger partial charge in [0, 0.05) is 0 Å². The second-order valence-electron chi connectivity index (χ2n) is 6.30. The summed E-state index contributed by atoms with van der Waals surface area (Å²) >= 11 is 0. The predicted molar refractivity (Wildman–Crippen MR) is 95.0 cm³/mol. The lowest BCUT2D eigenvalue weighted by Crippen LogP contribution is -2.31. The van der Waals surface area contributed by atoms with Gasteiger partial charge >= 0.3 is 5.97 Å². The predicted octanol–water partition coefficient (Wildman–Crippen LogP) is 4.52. The Morgan fingerprint density at radius 3 is 2.17 bits per heavy atom. The maximum absolute atomic E-state index is 11.8. The number of benzene rings is 3. The van der Waals surface area contributed by atoms with Gasteiger partial charge in [-0.2, -0.15) is 0 Å². The zero-order chi connectivity index (χ0) is 16.5. The van der Waals surface area contributed by atoms with Gasteiger partial charge in [-0.05, 0) is 52.4 Å². The molecule has 0 spiro atoms. The van der Waals surface area contributed by atoms with E-state index in [2.05, 4.69) is 55.5 Å². The third-order valence-corrected chi connectivity index (χ3v) is 4.86. The highest BCUT2D eigenvalue weighted by Crippen LogP contribution is 2.33. The van der Waals surface area contributed by atoms with Crippen molar-refractivity contribution in [2.24, 2.45) is 0 Å². The number of esters is 1. The molecule has 122 valence electrons. The first-order valence-electron chi connectivity index (χ1n) is 8.43. The molecule has 24 heavy (non-hydrogen) atoms.